The molecule has 4 nitrogen and oxygen atoms in total. The van der Waals surface area contributed by atoms with Crippen molar-refractivity contribution in [1.82, 2.24) is 9.78 Å². The highest BCUT2D eigenvalue weighted by atomic mass is 16.3. The fraction of sp³-hybridized carbons (Fsp3) is 0.286. The summed E-state index contributed by atoms with van der Waals surface area (Å²) in [7, 11) is 0. The van der Waals surface area contributed by atoms with Gasteiger partial charge in [-0.15, -0.1) is 0 Å². The topological polar surface area (TPSA) is 61.8 Å². The molecule has 1 heterocycles. The number of aromatic nitrogens is 2. The number of aromatic hydroxyl groups is 1. The molecule has 1 aromatic heterocycles. The fourth-order valence-corrected chi connectivity index (χ4v) is 2.53. The van der Waals surface area contributed by atoms with Gasteiger partial charge in [0.05, 0.1) is 5.69 Å². The molecule has 0 atom stereocenters. The maximum Gasteiger partial charge on any atom is 0.166 e. The maximum atomic E-state index is 9.54. The van der Waals surface area contributed by atoms with Gasteiger partial charge in [-0.25, -0.2) is 4.68 Å². The molecule has 3 rings (SSSR count). The van der Waals surface area contributed by atoms with E-state index in [0.29, 0.717) is 5.69 Å². The quantitative estimate of drug-likeness (QED) is 0.830. The first-order valence-corrected chi connectivity index (χ1v) is 6.10. The molecule has 0 unspecified atom stereocenters. The van der Waals surface area contributed by atoms with Crippen LogP contribution >= 0.6 is 0 Å². The lowest BCUT2D eigenvalue weighted by molar-refractivity contribution is 0.474. The average Bonchev–Trinajstić information content (AvgIpc) is 2.77. The van der Waals surface area contributed by atoms with Crippen LogP contribution in [0, 0.1) is 11.3 Å². The number of rotatable bonds is 1. The lowest BCUT2D eigenvalue weighted by atomic mass is 9.96. The van der Waals surface area contributed by atoms with E-state index in [4.69, 9.17) is 5.26 Å². The minimum Gasteiger partial charge on any atom is -0.508 e. The Balaban J connectivity index is 2.18. The van der Waals surface area contributed by atoms with Crippen LogP contribution in [-0.2, 0) is 12.8 Å². The summed E-state index contributed by atoms with van der Waals surface area (Å²) >= 11 is 0. The number of hydrogen-bond donors (Lipinski definition) is 1. The predicted molar refractivity (Wildman–Crippen MR) is 66.6 cm³/mol. The zero-order valence-corrected chi connectivity index (χ0v) is 9.93. The predicted octanol–water partition coefficient (Wildman–Crippen LogP) is 2.33. The Morgan fingerprint density at radius 2 is 2.11 bits per heavy atom. The van der Waals surface area contributed by atoms with Gasteiger partial charge in [0.2, 0.25) is 0 Å². The van der Waals surface area contributed by atoms with Gasteiger partial charge >= 0.3 is 0 Å². The van der Waals surface area contributed by atoms with E-state index in [9.17, 15) is 5.11 Å². The van der Waals surface area contributed by atoms with Crippen LogP contribution in [-0.4, -0.2) is 14.9 Å². The summed E-state index contributed by atoms with van der Waals surface area (Å²) in [5.41, 5.74) is 3.53. The third-order valence-corrected chi connectivity index (χ3v) is 3.36. The molecule has 1 aromatic carbocycles. The zero-order valence-electron chi connectivity index (χ0n) is 9.93. The number of phenolic OH excluding ortho intramolecular Hbond substituents is 1. The van der Waals surface area contributed by atoms with Gasteiger partial charge in [-0.05, 0) is 37.8 Å². The highest BCUT2D eigenvalue weighted by molar-refractivity contribution is 5.45. The number of hydrogen-bond acceptors (Lipinski definition) is 3. The Morgan fingerprint density at radius 1 is 1.28 bits per heavy atom. The van der Waals surface area contributed by atoms with E-state index in [1.807, 2.05) is 6.07 Å². The van der Waals surface area contributed by atoms with Crippen molar-refractivity contribution in [1.29, 1.82) is 5.26 Å². The van der Waals surface area contributed by atoms with Crippen LogP contribution in [0.2, 0.25) is 0 Å². The molecule has 0 spiro atoms. The summed E-state index contributed by atoms with van der Waals surface area (Å²) in [4.78, 5) is 0. The van der Waals surface area contributed by atoms with Crippen molar-refractivity contribution in [2.24, 2.45) is 0 Å². The van der Waals surface area contributed by atoms with Gasteiger partial charge in [-0.2, -0.15) is 10.4 Å². The molecule has 0 fully saturated rings. The molecule has 1 aliphatic carbocycles. The van der Waals surface area contributed by atoms with Gasteiger partial charge in [0.1, 0.15) is 11.8 Å². The molecule has 2 aromatic rings. The average molecular weight is 239 g/mol. The highest BCUT2D eigenvalue weighted by Gasteiger charge is 2.21. The van der Waals surface area contributed by atoms with Crippen molar-refractivity contribution >= 4 is 0 Å². The summed E-state index contributed by atoms with van der Waals surface area (Å²) in [6.45, 7) is 0. The molecule has 0 saturated heterocycles. The van der Waals surface area contributed by atoms with Gasteiger partial charge in [-0.3, -0.25) is 0 Å². The van der Waals surface area contributed by atoms with E-state index in [2.05, 4.69) is 11.2 Å². The second-order valence-corrected chi connectivity index (χ2v) is 4.52. The van der Waals surface area contributed by atoms with E-state index in [-0.39, 0.29) is 5.75 Å². The molecule has 1 N–H and O–H groups in total. The van der Waals surface area contributed by atoms with Crippen molar-refractivity contribution in [2.45, 2.75) is 25.7 Å². The van der Waals surface area contributed by atoms with E-state index in [1.165, 1.54) is 0 Å². The molecule has 18 heavy (non-hydrogen) atoms. The molecular weight excluding hydrogens is 226 g/mol. The van der Waals surface area contributed by atoms with Gasteiger partial charge < -0.3 is 5.11 Å². The summed E-state index contributed by atoms with van der Waals surface area (Å²) in [6, 6.07) is 9.14. The molecule has 0 saturated carbocycles. The zero-order chi connectivity index (χ0) is 12.5. The van der Waals surface area contributed by atoms with Gasteiger partial charge in [0.15, 0.2) is 5.69 Å². The van der Waals surface area contributed by atoms with E-state index < -0.39 is 0 Å². The Bertz CT molecular complexity index is 637. The Morgan fingerprint density at radius 3 is 2.89 bits per heavy atom. The highest BCUT2D eigenvalue weighted by Crippen LogP contribution is 2.27. The van der Waals surface area contributed by atoms with E-state index in [0.717, 1.165) is 42.6 Å². The lowest BCUT2D eigenvalue weighted by Crippen LogP contribution is -2.07. The third-order valence-electron chi connectivity index (χ3n) is 3.36. The van der Waals surface area contributed by atoms with Crippen molar-refractivity contribution in [3.05, 3.63) is 41.2 Å². The van der Waals surface area contributed by atoms with E-state index >= 15 is 0 Å². The number of fused-ring (bicyclic) bond motifs is 1. The summed E-state index contributed by atoms with van der Waals surface area (Å²) in [5.74, 6) is 0.214. The molecule has 0 bridgehead atoms. The molecule has 1 aliphatic rings. The standard InChI is InChI=1S/C14H13N3O/c15-9-13-12-6-1-2-7-14(12)17(16-13)10-4-3-5-11(18)8-10/h3-5,8,18H,1-2,6-7H2. The van der Waals surface area contributed by atoms with Crippen molar-refractivity contribution in [2.75, 3.05) is 0 Å². The fourth-order valence-electron chi connectivity index (χ4n) is 2.53. The largest absolute Gasteiger partial charge is 0.508 e. The Hall–Kier alpha value is -2.28. The van der Waals surface area contributed by atoms with Gasteiger partial charge in [0, 0.05) is 17.3 Å². The first-order chi connectivity index (χ1) is 8.79. The third kappa shape index (κ3) is 1.65. The lowest BCUT2D eigenvalue weighted by Gasteiger charge is -2.13. The maximum absolute atomic E-state index is 9.54. The minimum atomic E-state index is 0.214. The Kier molecular flexibility index (Phi) is 2.52. The van der Waals surface area contributed by atoms with Crippen molar-refractivity contribution in [3.63, 3.8) is 0 Å². The summed E-state index contributed by atoms with van der Waals surface area (Å²) in [6.07, 6.45) is 4.12. The number of nitrogens with zero attached hydrogens (tertiary/aromatic N) is 3. The van der Waals surface area contributed by atoms with Gasteiger partial charge in [-0.1, -0.05) is 6.07 Å². The SMILES string of the molecule is N#Cc1nn(-c2cccc(O)c2)c2c1CCCC2. The number of phenols is 1. The second-order valence-electron chi connectivity index (χ2n) is 4.52. The van der Waals surface area contributed by atoms with Crippen LogP contribution in [0.1, 0.15) is 29.8 Å². The molecular formula is C14H13N3O. The van der Waals surface area contributed by atoms with Crippen molar-refractivity contribution < 1.29 is 5.11 Å². The first kappa shape index (κ1) is 10.8. The van der Waals surface area contributed by atoms with Crippen LogP contribution in [0.3, 0.4) is 0 Å². The van der Waals surface area contributed by atoms with E-state index in [1.54, 1.807) is 22.9 Å². The van der Waals surface area contributed by atoms with Crippen LogP contribution in [0.25, 0.3) is 5.69 Å². The molecule has 0 amide bonds. The monoisotopic (exact) mass is 239 g/mol. The number of nitriles is 1. The minimum absolute atomic E-state index is 0.214. The molecule has 0 aliphatic heterocycles. The first-order valence-electron chi connectivity index (χ1n) is 6.10. The smallest absolute Gasteiger partial charge is 0.166 e. The molecule has 4 heteroatoms. The van der Waals surface area contributed by atoms with Crippen molar-refractivity contribution in [3.8, 4) is 17.5 Å². The molecule has 90 valence electrons. The molecule has 0 radical (unpaired) electrons. The number of benzene rings is 1. The normalized spacial score (nSPS) is 13.9. The summed E-state index contributed by atoms with van der Waals surface area (Å²) < 4.78 is 1.80. The Labute approximate surface area is 105 Å². The van der Waals surface area contributed by atoms with Crippen LogP contribution < -0.4 is 0 Å². The van der Waals surface area contributed by atoms with Gasteiger partial charge in [0.25, 0.3) is 0 Å². The van der Waals surface area contributed by atoms with Crippen LogP contribution in [0.5, 0.6) is 5.75 Å². The summed E-state index contributed by atoms with van der Waals surface area (Å²) in [5, 5.41) is 23.0. The van der Waals surface area contributed by atoms with Crippen LogP contribution in [0.4, 0.5) is 0 Å². The van der Waals surface area contributed by atoms with Crippen LogP contribution in [0.15, 0.2) is 24.3 Å². The second kappa shape index (κ2) is 4.19.